The number of hydrogen-bond donors (Lipinski definition) is 0. The van der Waals surface area contributed by atoms with E-state index >= 15 is 0 Å². The van der Waals surface area contributed by atoms with E-state index in [0.29, 0.717) is 24.8 Å². The minimum Gasteiger partial charge on any atom is -0.461 e. The van der Waals surface area contributed by atoms with E-state index in [0.717, 1.165) is 6.29 Å². The van der Waals surface area contributed by atoms with Crippen molar-refractivity contribution in [1.29, 1.82) is 0 Å². The third-order valence-corrected chi connectivity index (χ3v) is 2.26. The van der Waals surface area contributed by atoms with Gasteiger partial charge in [0.2, 0.25) is 0 Å². The topological polar surface area (TPSA) is 60.4 Å². The van der Waals surface area contributed by atoms with E-state index in [2.05, 4.69) is 6.58 Å². The van der Waals surface area contributed by atoms with Crippen LogP contribution in [0.15, 0.2) is 12.2 Å². The van der Waals surface area contributed by atoms with Gasteiger partial charge in [-0.2, -0.15) is 0 Å². The lowest BCUT2D eigenvalue weighted by atomic mass is 9.92. The SMILES string of the molecule is C=C(COC(C)=O)[C@@H](CC=O)CCC(C)=O. The van der Waals surface area contributed by atoms with Crippen LogP contribution in [0.25, 0.3) is 0 Å². The fourth-order valence-corrected chi connectivity index (χ4v) is 1.29. The molecule has 90 valence electrons. The van der Waals surface area contributed by atoms with E-state index < -0.39 is 0 Å². The predicted molar refractivity (Wildman–Crippen MR) is 59.9 cm³/mol. The summed E-state index contributed by atoms with van der Waals surface area (Å²) in [6.45, 7) is 6.72. The standard InChI is InChI=1S/C12H18O4/c1-9(8-16-11(3)15)12(6-7-13)5-4-10(2)14/h7,12H,1,4-6,8H2,2-3H3/t12-/m1/s1. The Bertz CT molecular complexity index is 281. The number of rotatable bonds is 8. The van der Waals surface area contributed by atoms with Gasteiger partial charge in [-0.1, -0.05) is 6.58 Å². The molecule has 0 saturated heterocycles. The lowest BCUT2D eigenvalue weighted by Crippen LogP contribution is -2.13. The summed E-state index contributed by atoms with van der Waals surface area (Å²) in [5.41, 5.74) is 0.684. The van der Waals surface area contributed by atoms with E-state index in [4.69, 9.17) is 4.74 Å². The first-order valence-corrected chi connectivity index (χ1v) is 5.21. The molecule has 0 amide bonds. The molecule has 0 bridgehead atoms. The van der Waals surface area contributed by atoms with Gasteiger partial charge in [-0.25, -0.2) is 0 Å². The van der Waals surface area contributed by atoms with Crippen molar-refractivity contribution in [2.45, 2.75) is 33.1 Å². The molecule has 0 unspecified atom stereocenters. The Hall–Kier alpha value is -1.45. The Kier molecular flexibility index (Phi) is 7.09. The minimum absolute atomic E-state index is 0.0798. The molecule has 0 aliphatic rings. The summed E-state index contributed by atoms with van der Waals surface area (Å²) >= 11 is 0. The van der Waals surface area contributed by atoms with Gasteiger partial charge >= 0.3 is 5.97 Å². The van der Waals surface area contributed by atoms with Gasteiger partial charge in [0.25, 0.3) is 0 Å². The molecule has 0 radical (unpaired) electrons. The smallest absolute Gasteiger partial charge is 0.302 e. The summed E-state index contributed by atoms with van der Waals surface area (Å²) < 4.78 is 4.80. The molecule has 4 nitrogen and oxygen atoms in total. The Morgan fingerprint density at radius 1 is 1.38 bits per heavy atom. The second-order valence-electron chi connectivity index (χ2n) is 3.78. The molecule has 1 atom stereocenters. The molecule has 0 heterocycles. The second-order valence-corrected chi connectivity index (χ2v) is 3.78. The first kappa shape index (κ1) is 14.6. The quantitative estimate of drug-likeness (QED) is 0.359. The van der Waals surface area contributed by atoms with E-state index in [1.54, 1.807) is 0 Å². The zero-order chi connectivity index (χ0) is 12.6. The highest BCUT2D eigenvalue weighted by atomic mass is 16.5. The second kappa shape index (κ2) is 7.79. The van der Waals surface area contributed by atoms with Crippen LogP contribution in [-0.2, 0) is 19.1 Å². The number of carbonyl (C=O) groups excluding carboxylic acids is 3. The maximum Gasteiger partial charge on any atom is 0.302 e. The van der Waals surface area contributed by atoms with Gasteiger partial charge in [0.15, 0.2) is 0 Å². The van der Waals surface area contributed by atoms with Gasteiger partial charge in [-0.3, -0.25) is 4.79 Å². The third kappa shape index (κ3) is 6.92. The fraction of sp³-hybridized carbons (Fsp3) is 0.583. The van der Waals surface area contributed by atoms with Crippen molar-refractivity contribution in [2.24, 2.45) is 5.92 Å². The molecule has 0 spiro atoms. The van der Waals surface area contributed by atoms with Crippen molar-refractivity contribution in [3.8, 4) is 0 Å². The van der Waals surface area contributed by atoms with Gasteiger partial charge in [-0.15, -0.1) is 0 Å². The summed E-state index contributed by atoms with van der Waals surface area (Å²) in [6, 6.07) is 0. The van der Waals surface area contributed by atoms with E-state index in [-0.39, 0.29) is 24.3 Å². The van der Waals surface area contributed by atoms with Gasteiger partial charge in [0.1, 0.15) is 18.7 Å². The van der Waals surface area contributed by atoms with Crippen LogP contribution in [0.1, 0.15) is 33.1 Å². The third-order valence-electron chi connectivity index (χ3n) is 2.26. The van der Waals surface area contributed by atoms with Crippen LogP contribution in [0.2, 0.25) is 0 Å². The molecule has 0 N–H and O–H groups in total. The number of hydrogen-bond acceptors (Lipinski definition) is 4. The molecular formula is C12H18O4. The van der Waals surface area contributed by atoms with Gasteiger partial charge in [-0.05, 0) is 24.8 Å². The highest BCUT2D eigenvalue weighted by molar-refractivity contribution is 5.75. The number of ether oxygens (including phenoxy) is 1. The predicted octanol–water partition coefficient (Wildman–Crippen LogP) is 1.68. The maximum absolute atomic E-state index is 10.8. The van der Waals surface area contributed by atoms with Crippen LogP contribution in [0, 0.1) is 5.92 Å². The summed E-state index contributed by atoms with van der Waals surface area (Å²) in [6.07, 6.45) is 2.10. The fourth-order valence-electron chi connectivity index (χ4n) is 1.29. The Morgan fingerprint density at radius 2 is 2.00 bits per heavy atom. The first-order valence-electron chi connectivity index (χ1n) is 5.21. The molecule has 0 aromatic heterocycles. The molecule has 0 aromatic carbocycles. The van der Waals surface area contributed by atoms with Crippen LogP contribution < -0.4 is 0 Å². The minimum atomic E-state index is -0.377. The first-order chi connectivity index (χ1) is 7.47. The van der Waals surface area contributed by atoms with Crippen LogP contribution in [0.4, 0.5) is 0 Å². The van der Waals surface area contributed by atoms with Crippen molar-refractivity contribution < 1.29 is 19.1 Å². The van der Waals surface area contributed by atoms with Crippen molar-refractivity contribution in [3.05, 3.63) is 12.2 Å². The molecule has 0 fully saturated rings. The van der Waals surface area contributed by atoms with Crippen molar-refractivity contribution >= 4 is 18.0 Å². The summed E-state index contributed by atoms with van der Waals surface area (Å²) in [4.78, 5) is 31.9. The Morgan fingerprint density at radius 3 is 2.44 bits per heavy atom. The van der Waals surface area contributed by atoms with E-state index in [1.165, 1.54) is 13.8 Å². The average molecular weight is 226 g/mol. The normalized spacial score (nSPS) is 11.6. The van der Waals surface area contributed by atoms with E-state index in [1.807, 2.05) is 0 Å². The lowest BCUT2D eigenvalue weighted by Gasteiger charge is -2.16. The highest BCUT2D eigenvalue weighted by Gasteiger charge is 2.14. The van der Waals surface area contributed by atoms with Gasteiger partial charge in [0, 0.05) is 19.8 Å². The lowest BCUT2D eigenvalue weighted by molar-refractivity contribution is -0.140. The van der Waals surface area contributed by atoms with Gasteiger partial charge < -0.3 is 14.3 Å². The van der Waals surface area contributed by atoms with Crippen LogP contribution in [-0.4, -0.2) is 24.6 Å². The van der Waals surface area contributed by atoms with Crippen LogP contribution >= 0.6 is 0 Å². The number of aldehydes is 1. The molecule has 0 aromatic rings. The number of esters is 1. The summed E-state index contributed by atoms with van der Waals surface area (Å²) in [5, 5.41) is 0. The molecule has 0 aliphatic carbocycles. The summed E-state index contributed by atoms with van der Waals surface area (Å²) in [7, 11) is 0. The molecule has 0 aliphatic heterocycles. The van der Waals surface area contributed by atoms with Crippen LogP contribution in [0.3, 0.4) is 0 Å². The number of carbonyl (C=O) groups is 3. The summed E-state index contributed by atoms with van der Waals surface area (Å²) in [5.74, 6) is -0.380. The zero-order valence-electron chi connectivity index (χ0n) is 9.82. The average Bonchev–Trinajstić information content (AvgIpc) is 2.20. The molecule has 0 saturated carbocycles. The Balaban J connectivity index is 4.16. The zero-order valence-corrected chi connectivity index (χ0v) is 9.82. The molecule has 0 rings (SSSR count). The van der Waals surface area contributed by atoms with Crippen LogP contribution in [0.5, 0.6) is 0 Å². The van der Waals surface area contributed by atoms with Crippen molar-refractivity contribution in [2.75, 3.05) is 6.61 Å². The van der Waals surface area contributed by atoms with Crippen molar-refractivity contribution in [1.82, 2.24) is 0 Å². The largest absolute Gasteiger partial charge is 0.461 e. The molecule has 4 heteroatoms. The van der Waals surface area contributed by atoms with Crippen molar-refractivity contribution in [3.63, 3.8) is 0 Å². The molecule has 16 heavy (non-hydrogen) atoms. The number of ketones is 1. The van der Waals surface area contributed by atoms with Gasteiger partial charge in [0.05, 0.1) is 0 Å². The Labute approximate surface area is 95.7 Å². The maximum atomic E-state index is 10.8. The monoisotopic (exact) mass is 226 g/mol. The molecular weight excluding hydrogens is 208 g/mol. The number of Topliss-reactive ketones (excluding diaryl/α,β-unsaturated/α-hetero) is 1. The van der Waals surface area contributed by atoms with E-state index in [9.17, 15) is 14.4 Å². The highest BCUT2D eigenvalue weighted by Crippen LogP contribution is 2.19.